The Morgan fingerprint density at radius 3 is 2.85 bits per heavy atom. The molecule has 0 aliphatic carbocycles. The Kier molecular flexibility index (Phi) is 2.35. The molecule has 66 valence electrons. The fourth-order valence-electron chi connectivity index (χ4n) is 1.14. The number of aryl methyl sites for hydroxylation is 1. The molecule has 1 aromatic heterocycles. The summed E-state index contributed by atoms with van der Waals surface area (Å²) in [5.41, 5.74) is 2.00. The summed E-state index contributed by atoms with van der Waals surface area (Å²) >= 11 is 2.28. The number of oxazole rings is 1. The van der Waals surface area contributed by atoms with Crippen LogP contribution in [0.1, 0.15) is 5.89 Å². The molecule has 2 nitrogen and oxygen atoms in total. The van der Waals surface area contributed by atoms with E-state index in [1.165, 1.54) is 3.57 Å². The zero-order valence-corrected chi connectivity index (χ0v) is 9.28. The largest absolute Gasteiger partial charge is 0.449 e. The molecule has 0 atom stereocenters. The lowest BCUT2D eigenvalue weighted by atomic mass is 10.2. The minimum Gasteiger partial charge on any atom is -0.449 e. The predicted molar refractivity (Wildman–Crippen MR) is 59.4 cm³/mol. The Morgan fingerprint density at radius 1 is 1.38 bits per heavy atom. The Morgan fingerprint density at radius 2 is 2.23 bits per heavy atom. The quantitative estimate of drug-likeness (QED) is 0.752. The summed E-state index contributed by atoms with van der Waals surface area (Å²) < 4.78 is 6.35. The maximum Gasteiger partial charge on any atom is 0.191 e. The van der Waals surface area contributed by atoms with Gasteiger partial charge in [-0.05, 0) is 34.7 Å². The number of aromatic nitrogens is 1. The second-order valence-electron chi connectivity index (χ2n) is 2.76. The summed E-state index contributed by atoms with van der Waals surface area (Å²) in [6.07, 6.45) is 1.68. The molecule has 0 radical (unpaired) electrons. The Hall–Kier alpha value is -0.840. The summed E-state index contributed by atoms with van der Waals surface area (Å²) in [6, 6.07) is 8.18. The van der Waals surface area contributed by atoms with Crippen molar-refractivity contribution in [3.63, 3.8) is 0 Å². The van der Waals surface area contributed by atoms with Crippen LogP contribution in [0.4, 0.5) is 0 Å². The van der Waals surface area contributed by atoms with Gasteiger partial charge >= 0.3 is 0 Å². The van der Waals surface area contributed by atoms with Crippen LogP contribution in [0.3, 0.4) is 0 Å². The molecule has 3 heteroatoms. The maximum absolute atomic E-state index is 5.15. The van der Waals surface area contributed by atoms with Crippen LogP contribution in [0, 0.1) is 10.5 Å². The minimum absolute atomic E-state index is 0.703. The lowest BCUT2D eigenvalue weighted by Crippen LogP contribution is -1.78. The number of hydrogen-bond donors (Lipinski definition) is 0. The first kappa shape index (κ1) is 8.74. The molecule has 0 N–H and O–H groups in total. The number of benzene rings is 1. The van der Waals surface area contributed by atoms with Gasteiger partial charge in [0.1, 0.15) is 12.0 Å². The van der Waals surface area contributed by atoms with Crippen LogP contribution in [0.5, 0.6) is 0 Å². The van der Waals surface area contributed by atoms with Crippen molar-refractivity contribution in [2.75, 3.05) is 0 Å². The van der Waals surface area contributed by atoms with Gasteiger partial charge in [-0.25, -0.2) is 4.98 Å². The molecular weight excluding hydrogens is 277 g/mol. The van der Waals surface area contributed by atoms with Gasteiger partial charge < -0.3 is 4.42 Å². The number of halogens is 1. The van der Waals surface area contributed by atoms with E-state index in [0.717, 1.165) is 11.3 Å². The standard InChI is InChI=1S/C10H8INO/c1-7-12-10(6-13-7)8-3-2-4-9(11)5-8/h2-6H,1H3. The molecule has 0 aliphatic heterocycles. The average Bonchev–Trinajstić information content (AvgIpc) is 2.52. The topological polar surface area (TPSA) is 26.0 Å². The Balaban J connectivity index is 2.46. The normalized spacial score (nSPS) is 10.3. The third kappa shape index (κ3) is 1.91. The maximum atomic E-state index is 5.15. The van der Waals surface area contributed by atoms with Crippen LogP contribution in [-0.2, 0) is 0 Å². The summed E-state index contributed by atoms with van der Waals surface area (Å²) in [4.78, 5) is 4.25. The summed E-state index contributed by atoms with van der Waals surface area (Å²) in [7, 11) is 0. The van der Waals surface area contributed by atoms with Crippen molar-refractivity contribution >= 4 is 22.6 Å². The van der Waals surface area contributed by atoms with Crippen LogP contribution >= 0.6 is 22.6 Å². The molecule has 0 unspecified atom stereocenters. The molecule has 0 fully saturated rings. The second kappa shape index (κ2) is 3.49. The van der Waals surface area contributed by atoms with Crippen LogP contribution in [-0.4, -0.2) is 4.98 Å². The smallest absolute Gasteiger partial charge is 0.191 e. The van der Waals surface area contributed by atoms with E-state index in [1.54, 1.807) is 6.26 Å². The van der Waals surface area contributed by atoms with Gasteiger partial charge in [0.05, 0.1) is 0 Å². The molecule has 2 rings (SSSR count). The van der Waals surface area contributed by atoms with E-state index >= 15 is 0 Å². The third-order valence-corrected chi connectivity index (χ3v) is 2.41. The number of rotatable bonds is 1. The number of hydrogen-bond acceptors (Lipinski definition) is 2. The molecule has 0 amide bonds. The highest BCUT2D eigenvalue weighted by Gasteiger charge is 2.02. The lowest BCUT2D eigenvalue weighted by Gasteiger charge is -1.95. The highest BCUT2D eigenvalue weighted by molar-refractivity contribution is 14.1. The van der Waals surface area contributed by atoms with Gasteiger partial charge in [-0.15, -0.1) is 0 Å². The van der Waals surface area contributed by atoms with Gasteiger partial charge in [0.25, 0.3) is 0 Å². The van der Waals surface area contributed by atoms with Crippen molar-refractivity contribution in [2.45, 2.75) is 6.92 Å². The van der Waals surface area contributed by atoms with E-state index < -0.39 is 0 Å². The van der Waals surface area contributed by atoms with Crippen molar-refractivity contribution in [1.82, 2.24) is 4.98 Å². The first-order valence-corrected chi connectivity index (χ1v) is 5.01. The van der Waals surface area contributed by atoms with Gasteiger partial charge in [0.2, 0.25) is 0 Å². The molecule has 0 spiro atoms. The highest BCUT2D eigenvalue weighted by Crippen LogP contribution is 2.20. The number of nitrogens with zero attached hydrogens (tertiary/aromatic N) is 1. The molecule has 1 heterocycles. The van der Waals surface area contributed by atoms with Gasteiger partial charge in [0, 0.05) is 16.1 Å². The molecule has 0 bridgehead atoms. The first-order valence-electron chi connectivity index (χ1n) is 3.94. The first-order chi connectivity index (χ1) is 6.25. The average molecular weight is 285 g/mol. The van der Waals surface area contributed by atoms with Gasteiger partial charge in [-0.1, -0.05) is 12.1 Å². The zero-order chi connectivity index (χ0) is 9.26. The second-order valence-corrected chi connectivity index (χ2v) is 4.01. The van der Waals surface area contributed by atoms with Crippen molar-refractivity contribution < 1.29 is 4.42 Å². The van der Waals surface area contributed by atoms with Crippen molar-refractivity contribution in [1.29, 1.82) is 0 Å². The monoisotopic (exact) mass is 285 g/mol. The van der Waals surface area contributed by atoms with Crippen LogP contribution in [0.2, 0.25) is 0 Å². The lowest BCUT2D eigenvalue weighted by molar-refractivity contribution is 0.521. The molecule has 0 saturated heterocycles. The molecule has 13 heavy (non-hydrogen) atoms. The van der Waals surface area contributed by atoms with Crippen molar-refractivity contribution in [3.8, 4) is 11.3 Å². The van der Waals surface area contributed by atoms with E-state index in [0.29, 0.717) is 5.89 Å². The van der Waals surface area contributed by atoms with E-state index in [-0.39, 0.29) is 0 Å². The van der Waals surface area contributed by atoms with E-state index in [2.05, 4.69) is 39.7 Å². The predicted octanol–water partition coefficient (Wildman–Crippen LogP) is 3.25. The summed E-state index contributed by atoms with van der Waals surface area (Å²) in [5, 5.41) is 0. The van der Waals surface area contributed by atoms with Gasteiger partial charge in [0.15, 0.2) is 5.89 Å². The van der Waals surface area contributed by atoms with Gasteiger partial charge in [-0.2, -0.15) is 0 Å². The summed E-state index contributed by atoms with van der Waals surface area (Å²) in [6.45, 7) is 1.84. The van der Waals surface area contributed by atoms with E-state index in [4.69, 9.17) is 4.42 Å². The molecule has 2 aromatic rings. The van der Waals surface area contributed by atoms with E-state index in [9.17, 15) is 0 Å². The van der Waals surface area contributed by atoms with Crippen molar-refractivity contribution in [3.05, 3.63) is 40.0 Å². The third-order valence-electron chi connectivity index (χ3n) is 1.74. The molecule has 0 saturated carbocycles. The zero-order valence-electron chi connectivity index (χ0n) is 7.12. The SMILES string of the molecule is Cc1nc(-c2cccc(I)c2)co1. The molecule has 1 aromatic carbocycles. The molecular formula is C10H8INO. The van der Waals surface area contributed by atoms with Crippen molar-refractivity contribution in [2.24, 2.45) is 0 Å². The van der Waals surface area contributed by atoms with Crippen LogP contribution in [0.25, 0.3) is 11.3 Å². The fourth-order valence-corrected chi connectivity index (χ4v) is 1.69. The highest BCUT2D eigenvalue weighted by atomic mass is 127. The molecule has 0 aliphatic rings. The van der Waals surface area contributed by atoms with E-state index in [1.807, 2.05) is 19.1 Å². The van der Waals surface area contributed by atoms with Crippen LogP contribution < -0.4 is 0 Å². The fraction of sp³-hybridized carbons (Fsp3) is 0.100. The van der Waals surface area contributed by atoms with Crippen LogP contribution in [0.15, 0.2) is 34.9 Å². The Labute approximate surface area is 90.1 Å². The minimum atomic E-state index is 0.703. The summed E-state index contributed by atoms with van der Waals surface area (Å²) in [5.74, 6) is 0.703. The Bertz CT molecular complexity index is 422. The van der Waals surface area contributed by atoms with Gasteiger partial charge in [-0.3, -0.25) is 0 Å².